The van der Waals surface area contributed by atoms with Gasteiger partial charge in [0.2, 0.25) is 5.91 Å². The lowest BCUT2D eigenvalue weighted by atomic mass is 10.0. The molecule has 1 fully saturated rings. The average molecular weight is 495 g/mol. The van der Waals surface area contributed by atoms with Gasteiger partial charge in [0.25, 0.3) is 5.91 Å². The highest BCUT2D eigenvalue weighted by molar-refractivity contribution is 7.88. The number of primary amides is 1. The van der Waals surface area contributed by atoms with E-state index in [0.717, 1.165) is 24.3 Å². The molecule has 3 amide bonds. The number of alkyl carbamates (subject to hydrolysis) is 1. The number of halogens is 3. The van der Waals surface area contributed by atoms with Crippen molar-refractivity contribution in [1.29, 1.82) is 0 Å². The van der Waals surface area contributed by atoms with Crippen molar-refractivity contribution in [2.24, 2.45) is 5.73 Å². The lowest BCUT2D eigenvalue weighted by molar-refractivity contribution is -0.139. The fraction of sp³-hybridized carbons (Fsp3) is 0.526. The van der Waals surface area contributed by atoms with E-state index >= 15 is 0 Å². The molecule has 1 saturated heterocycles. The van der Waals surface area contributed by atoms with E-state index in [4.69, 9.17) is 10.5 Å². The number of hydrogen-bond donors (Lipinski definition) is 2. The van der Waals surface area contributed by atoms with Gasteiger partial charge in [-0.3, -0.25) is 9.59 Å². The first kappa shape index (κ1) is 26.2. The highest BCUT2D eigenvalue weighted by atomic mass is 32.2. The number of rotatable bonds is 6. The summed E-state index contributed by atoms with van der Waals surface area (Å²) in [6.07, 6.45) is -0.126. The maximum Gasteiger partial charge on any atom is 0.534 e. The van der Waals surface area contributed by atoms with E-state index in [9.17, 15) is 36.0 Å². The van der Waals surface area contributed by atoms with Crippen LogP contribution < -0.4 is 15.2 Å². The summed E-state index contributed by atoms with van der Waals surface area (Å²) in [6, 6.07) is 1.72. The first-order valence-electron chi connectivity index (χ1n) is 9.72. The molecule has 184 valence electrons. The highest BCUT2D eigenvalue weighted by Gasteiger charge is 2.48. The Morgan fingerprint density at radius 1 is 1.15 bits per heavy atom. The Labute approximate surface area is 188 Å². The van der Waals surface area contributed by atoms with Gasteiger partial charge in [0, 0.05) is 6.54 Å². The fourth-order valence-electron chi connectivity index (χ4n) is 3.09. The number of nitrogens with one attached hydrogen (secondary N) is 1. The number of alkyl halides is 3. The molecule has 1 heterocycles. The van der Waals surface area contributed by atoms with Crippen molar-refractivity contribution in [3.63, 3.8) is 0 Å². The standard InChI is InChI=1S/C19H24F3N3O7S/c1-18(2,3)31-17(28)24-14(16(27)25-10-4-5-13(25)15(23)26)11-6-8-12(9-7-11)32-33(29,30)19(20,21)22/h6-9,13-14H,4-5,10H2,1-3H3,(H2,23,26)(H,24,28). The fourth-order valence-corrected chi connectivity index (χ4v) is 3.55. The molecule has 0 saturated carbocycles. The quantitative estimate of drug-likeness (QED) is 0.453. The molecule has 0 aromatic heterocycles. The van der Waals surface area contributed by atoms with Gasteiger partial charge in [-0.25, -0.2) is 4.79 Å². The first-order valence-corrected chi connectivity index (χ1v) is 11.1. The minimum absolute atomic E-state index is 0.0812. The summed E-state index contributed by atoms with van der Waals surface area (Å²) in [4.78, 5) is 38.4. The van der Waals surface area contributed by atoms with E-state index in [-0.39, 0.29) is 12.1 Å². The van der Waals surface area contributed by atoms with Gasteiger partial charge in [0.1, 0.15) is 23.4 Å². The van der Waals surface area contributed by atoms with Crippen LogP contribution in [0.5, 0.6) is 5.75 Å². The van der Waals surface area contributed by atoms with Crippen LogP contribution in [-0.4, -0.2) is 54.9 Å². The van der Waals surface area contributed by atoms with Crippen molar-refractivity contribution < 1.29 is 44.9 Å². The zero-order chi connectivity index (χ0) is 25.2. The Morgan fingerprint density at radius 3 is 2.21 bits per heavy atom. The van der Waals surface area contributed by atoms with E-state index < -0.39 is 57.0 Å². The molecule has 2 atom stereocenters. The third-order valence-electron chi connectivity index (χ3n) is 4.48. The van der Waals surface area contributed by atoms with E-state index in [1.807, 2.05) is 0 Å². The summed E-state index contributed by atoms with van der Waals surface area (Å²) in [7, 11) is -5.89. The molecule has 14 heteroatoms. The number of ether oxygens (including phenoxy) is 1. The molecular formula is C19H24F3N3O7S. The molecule has 1 aromatic rings. The number of nitrogens with zero attached hydrogens (tertiary/aromatic N) is 1. The average Bonchev–Trinajstić information content (AvgIpc) is 3.14. The van der Waals surface area contributed by atoms with Gasteiger partial charge >= 0.3 is 21.7 Å². The smallest absolute Gasteiger partial charge is 0.444 e. The molecule has 0 radical (unpaired) electrons. The molecule has 10 nitrogen and oxygen atoms in total. The van der Waals surface area contributed by atoms with Crippen LogP contribution in [0.15, 0.2) is 24.3 Å². The SMILES string of the molecule is CC(C)(C)OC(=O)NC(C(=O)N1CCCC1C(N)=O)c1ccc(OS(=O)(=O)C(F)(F)F)cc1. The van der Waals surface area contributed by atoms with Gasteiger partial charge in [0.15, 0.2) is 0 Å². The zero-order valence-corrected chi connectivity index (χ0v) is 18.8. The molecular weight excluding hydrogens is 471 g/mol. The molecule has 1 aromatic carbocycles. The van der Waals surface area contributed by atoms with E-state index in [2.05, 4.69) is 9.50 Å². The summed E-state index contributed by atoms with van der Waals surface area (Å²) >= 11 is 0. The summed E-state index contributed by atoms with van der Waals surface area (Å²) in [6.45, 7) is 4.99. The van der Waals surface area contributed by atoms with Gasteiger partial charge in [0.05, 0.1) is 0 Å². The van der Waals surface area contributed by atoms with Gasteiger partial charge in [-0.1, -0.05) is 12.1 Å². The minimum Gasteiger partial charge on any atom is -0.444 e. The van der Waals surface area contributed by atoms with Crippen LogP contribution >= 0.6 is 0 Å². The third kappa shape index (κ3) is 6.73. The number of carbonyl (C=O) groups is 3. The monoisotopic (exact) mass is 495 g/mol. The Hall–Kier alpha value is -3.03. The second-order valence-electron chi connectivity index (χ2n) is 8.22. The van der Waals surface area contributed by atoms with Crippen molar-refractivity contribution in [2.75, 3.05) is 6.54 Å². The van der Waals surface area contributed by atoms with Crippen LogP contribution in [0, 0.1) is 0 Å². The maximum absolute atomic E-state index is 13.2. The van der Waals surface area contributed by atoms with Crippen molar-refractivity contribution >= 4 is 28.0 Å². The van der Waals surface area contributed by atoms with E-state index in [1.54, 1.807) is 20.8 Å². The molecule has 0 bridgehead atoms. The van der Waals surface area contributed by atoms with Gasteiger partial charge < -0.3 is 24.9 Å². The maximum atomic E-state index is 13.2. The summed E-state index contributed by atoms with van der Waals surface area (Å²) in [5.74, 6) is -2.08. The van der Waals surface area contributed by atoms with Crippen molar-refractivity contribution in [1.82, 2.24) is 10.2 Å². The van der Waals surface area contributed by atoms with Gasteiger partial charge in [-0.05, 0) is 51.3 Å². The molecule has 1 aliphatic heterocycles. The Balaban J connectivity index is 2.34. The molecule has 2 unspecified atom stereocenters. The Kier molecular flexibility index (Phi) is 7.51. The first-order chi connectivity index (χ1) is 15.0. The van der Waals surface area contributed by atoms with Gasteiger partial charge in [-0.15, -0.1) is 0 Å². The number of amides is 3. The largest absolute Gasteiger partial charge is 0.534 e. The van der Waals surface area contributed by atoms with Crippen LogP contribution in [-0.2, 0) is 24.4 Å². The van der Waals surface area contributed by atoms with Crippen molar-refractivity contribution in [3.8, 4) is 5.75 Å². The van der Waals surface area contributed by atoms with E-state index in [0.29, 0.717) is 12.8 Å². The third-order valence-corrected chi connectivity index (χ3v) is 5.45. The van der Waals surface area contributed by atoms with Crippen molar-refractivity contribution in [3.05, 3.63) is 29.8 Å². The topological polar surface area (TPSA) is 145 Å². The van der Waals surface area contributed by atoms with E-state index in [1.165, 1.54) is 4.90 Å². The lowest BCUT2D eigenvalue weighted by Crippen LogP contribution is -2.49. The summed E-state index contributed by atoms with van der Waals surface area (Å²) < 4.78 is 69.1. The second-order valence-corrected chi connectivity index (χ2v) is 9.76. The molecule has 1 aliphatic rings. The molecule has 0 spiro atoms. The highest BCUT2D eigenvalue weighted by Crippen LogP contribution is 2.29. The Bertz CT molecular complexity index is 1000. The van der Waals surface area contributed by atoms with Crippen molar-refractivity contribution in [2.45, 2.75) is 56.8 Å². The van der Waals surface area contributed by atoms with Crippen LogP contribution in [0.25, 0.3) is 0 Å². The predicted octanol–water partition coefficient (Wildman–Crippen LogP) is 1.96. The van der Waals surface area contributed by atoms with Crippen LogP contribution in [0.2, 0.25) is 0 Å². The normalized spacial score (nSPS) is 17.9. The lowest BCUT2D eigenvalue weighted by Gasteiger charge is -2.29. The van der Waals surface area contributed by atoms with Crippen LogP contribution in [0.1, 0.15) is 45.2 Å². The molecule has 33 heavy (non-hydrogen) atoms. The molecule has 2 rings (SSSR count). The minimum atomic E-state index is -5.89. The number of carbonyl (C=O) groups excluding carboxylic acids is 3. The number of hydrogen-bond acceptors (Lipinski definition) is 7. The number of likely N-dealkylation sites (tertiary alicyclic amines) is 1. The second kappa shape index (κ2) is 9.45. The summed E-state index contributed by atoms with van der Waals surface area (Å²) in [5, 5.41) is 2.37. The zero-order valence-electron chi connectivity index (χ0n) is 18.0. The Morgan fingerprint density at radius 2 is 1.73 bits per heavy atom. The van der Waals surface area contributed by atoms with Crippen LogP contribution in [0.3, 0.4) is 0 Å². The predicted molar refractivity (Wildman–Crippen MR) is 108 cm³/mol. The number of nitrogens with two attached hydrogens (primary N) is 1. The molecule has 0 aliphatic carbocycles. The summed E-state index contributed by atoms with van der Waals surface area (Å²) in [5.41, 5.74) is -1.09. The van der Waals surface area contributed by atoms with Crippen LogP contribution in [0.4, 0.5) is 18.0 Å². The number of benzene rings is 1. The molecule has 3 N–H and O–H groups in total. The van der Waals surface area contributed by atoms with Gasteiger partial charge in [-0.2, -0.15) is 21.6 Å².